The van der Waals surface area contributed by atoms with E-state index in [1.807, 2.05) is 19.1 Å². The number of nitrogens with zero attached hydrogens (tertiary/aromatic N) is 2. The molecule has 2 heterocycles. The molecule has 21 heavy (non-hydrogen) atoms. The molecule has 3 rings (SSSR count). The molecular formula is C15H17ClN2O2S. The normalized spacial score (nSPS) is 20.2. The Bertz CT molecular complexity index is 776. The quantitative estimate of drug-likeness (QED) is 0.816. The third kappa shape index (κ3) is 2.43. The number of fused-ring (bicyclic) bond motifs is 1. The standard InChI is InChI=1S/C15H17ClN2O2S/c1-11-6-7-14(13-5-2-8-17-15(11)13)21(19,20)18-9-3-4-12(18)10-16/h2,5-8,12H,3-4,9-10H2,1H3. The first-order chi connectivity index (χ1) is 10.1. The Labute approximate surface area is 129 Å². The van der Waals surface area contributed by atoms with Gasteiger partial charge in [0, 0.05) is 30.0 Å². The van der Waals surface area contributed by atoms with Crippen molar-refractivity contribution in [3.8, 4) is 0 Å². The van der Waals surface area contributed by atoms with Gasteiger partial charge in [0.25, 0.3) is 0 Å². The minimum Gasteiger partial charge on any atom is -0.256 e. The monoisotopic (exact) mass is 324 g/mol. The molecule has 1 aromatic carbocycles. The zero-order valence-corrected chi connectivity index (χ0v) is 13.4. The van der Waals surface area contributed by atoms with Crippen molar-refractivity contribution in [2.75, 3.05) is 12.4 Å². The number of alkyl halides is 1. The largest absolute Gasteiger partial charge is 0.256 e. The number of rotatable bonds is 3. The number of pyridine rings is 1. The van der Waals surface area contributed by atoms with Crippen LogP contribution in [0.2, 0.25) is 0 Å². The van der Waals surface area contributed by atoms with E-state index in [1.54, 1.807) is 18.3 Å². The molecule has 1 aliphatic heterocycles. The Morgan fingerprint density at radius 1 is 1.38 bits per heavy atom. The Kier molecular flexibility index (Phi) is 3.90. The zero-order chi connectivity index (χ0) is 15.0. The maximum Gasteiger partial charge on any atom is 0.244 e. The minimum atomic E-state index is -3.53. The Morgan fingerprint density at radius 3 is 2.95 bits per heavy atom. The lowest BCUT2D eigenvalue weighted by atomic mass is 10.1. The summed E-state index contributed by atoms with van der Waals surface area (Å²) in [6, 6.07) is 6.97. The first-order valence-electron chi connectivity index (χ1n) is 6.98. The molecule has 0 amide bonds. The Morgan fingerprint density at radius 2 is 2.19 bits per heavy atom. The van der Waals surface area contributed by atoms with Crippen LogP contribution in [0.15, 0.2) is 35.4 Å². The minimum absolute atomic E-state index is 0.107. The molecule has 1 fully saturated rings. The van der Waals surface area contributed by atoms with E-state index in [9.17, 15) is 8.42 Å². The summed E-state index contributed by atoms with van der Waals surface area (Å²) >= 11 is 5.92. The van der Waals surface area contributed by atoms with Crippen molar-refractivity contribution in [2.45, 2.75) is 30.7 Å². The van der Waals surface area contributed by atoms with Crippen LogP contribution in [-0.2, 0) is 10.0 Å². The number of aryl methyl sites for hydroxylation is 1. The SMILES string of the molecule is Cc1ccc(S(=O)(=O)N2CCCC2CCl)c2cccnc12. The van der Waals surface area contributed by atoms with E-state index in [2.05, 4.69) is 4.98 Å². The molecule has 0 spiro atoms. The van der Waals surface area contributed by atoms with Gasteiger partial charge in [-0.25, -0.2) is 8.42 Å². The molecule has 1 unspecified atom stereocenters. The van der Waals surface area contributed by atoms with Crippen LogP contribution < -0.4 is 0 Å². The molecule has 1 aromatic heterocycles. The van der Waals surface area contributed by atoms with Crippen LogP contribution in [-0.4, -0.2) is 36.2 Å². The molecule has 0 aliphatic carbocycles. The molecule has 0 N–H and O–H groups in total. The molecule has 112 valence electrons. The summed E-state index contributed by atoms with van der Waals surface area (Å²) in [6.45, 7) is 2.47. The van der Waals surface area contributed by atoms with Crippen LogP contribution in [0, 0.1) is 6.92 Å². The van der Waals surface area contributed by atoms with Gasteiger partial charge in [0.2, 0.25) is 10.0 Å². The van der Waals surface area contributed by atoms with E-state index < -0.39 is 10.0 Å². The van der Waals surface area contributed by atoms with Gasteiger partial charge in [0.15, 0.2) is 0 Å². The fraction of sp³-hybridized carbons (Fsp3) is 0.400. The van der Waals surface area contributed by atoms with E-state index in [1.165, 1.54) is 4.31 Å². The maximum absolute atomic E-state index is 13.0. The van der Waals surface area contributed by atoms with Crippen molar-refractivity contribution in [1.29, 1.82) is 0 Å². The van der Waals surface area contributed by atoms with Crippen LogP contribution in [0.4, 0.5) is 0 Å². The molecule has 1 atom stereocenters. The summed E-state index contributed by atoms with van der Waals surface area (Å²) in [5.41, 5.74) is 1.71. The van der Waals surface area contributed by atoms with Gasteiger partial charge in [-0.1, -0.05) is 6.07 Å². The molecular weight excluding hydrogens is 308 g/mol. The summed E-state index contributed by atoms with van der Waals surface area (Å²) in [6.07, 6.45) is 3.37. The number of sulfonamides is 1. The summed E-state index contributed by atoms with van der Waals surface area (Å²) in [4.78, 5) is 4.64. The third-order valence-corrected chi connectivity index (χ3v) is 6.39. The van der Waals surface area contributed by atoms with Crippen LogP contribution >= 0.6 is 11.6 Å². The zero-order valence-electron chi connectivity index (χ0n) is 11.8. The van der Waals surface area contributed by atoms with Gasteiger partial charge in [-0.05, 0) is 43.5 Å². The van der Waals surface area contributed by atoms with Crippen molar-refractivity contribution in [1.82, 2.24) is 9.29 Å². The van der Waals surface area contributed by atoms with Crippen molar-refractivity contribution >= 4 is 32.5 Å². The summed E-state index contributed by atoms with van der Waals surface area (Å²) in [5, 5.41) is 0.678. The van der Waals surface area contributed by atoms with Crippen LogP contribution in [0.5, 0.6) is 0 Å². The van der Waals surface area contributed by atoms with E-state index in [-0.39, 0.29) is 6.04 Å². The molecule has 1 saturated heterocycles. The molecule has 0 saturated carbocycles. The van der Waals surface area contributed by atoms with Gasteiger partial charge in [0.05, 0.1) is 10.4 Å². The third-order valence-electron chi connectivity index (χ3n) is 4.02. The van der Waals surface area contributed by atoms with Crippen LogP contribution in [0.3, 0.4) is 0 Å². The summed E-state index contributed by atoms with van der Waals surface area (Å²) < 4.78 is 27.5. The highest BCUT2D eigenvalue weighted by Gasteiger charge is 2.35. The number of halogens is 1. The molecule has 0 radical (unpaired) electrons. The topological polar surface area (TPSA) is 50.3 Å². The van der Waals surface area contributed by atoms with Crippen molar-refractivity contribution < 1.29 is 8.42 Å². The first kappa shape index (κ1) is 14.8. The van der Waals surface area contributed by atoms with Gasteiger partial charge in [-0.15, -0.1) is 11.6 Å². The second-order valence-electron chi connectivity index (χ2n) is 5.35. The second-order valence-corrected chi connectivity index (χ2v) is 7.51. The lowest BCUT2D eigenvalue weighted by Crippen LogP contribution is -2.36. The first-order valence-corrected chi connectivity index (χ1v) is 8.95. The van der Waals surface area contributed by atoms with Crippen molar-refractivity contribution in [3.63, 3.8) is 0 Å². The highest BCUT2D eigenvalue weighted by atomic mass is 35.5. The lowest BCUT2D eigenvalue weighted by Gasteiger charge is -2.23. The van der Waals surface area contributed by atoms with Crippen molar-refractivity contribution in [3.05, 3.63) is 36.0 Å². The van der Waals surface area contributed by atoms with Crippen LogP contribution in [0.1, 0.15) is 18.4 Å². The number of hydrogen-bond donors (Lipinski definition) is 0. The number of benzene rings is 1. The maximum atomic E-state index is 13.0. The summed E-state index contributed by atoms with van der Waals surface area (Å²) in [7, 11) is -3.53. The molecule has 4 nitrogen and oxygen atoms in total. The Balaban J connectivity index is 2.18. The lowest BCUT2D eigenvalue weighted by molar-refractivity contribution is 0.411. The van der Waals surface area contributed by atoms with E-state index in [4.69, 9.17) is 11.6 Å². The van der Waals surface area contributed by atoms with Crippen molar-refractivity contribution in [2.24, 2.45) is 0 Å². The molecule has 1 aliphatic rings. The molecule has 2 aromatic rings. The number of aromatic nitrogens is 1. The summed E-state index contributed by atoms with van der Waals surface area (Å²) in [5.74, 6) is 0.335. The molecule has 6 heteroatoms. The van der Waals surface area contributed by atoms with Gasteiger partial charge in [-0.2, -0.15) is 4.31 Å². The highest BCUT2D eigenvalue weighted by molar-refractivity contribution is 7.89. The van der Waals surface area contributed by atoms with E-state index in [0.29, 0.717) is 22.7 Å². The van der Waals surface area contributed by atoms with Gasteiger partial charge in [-0.3, -0.25) is 4.98 Å². The smallest absolute Gasteiger partial charge is 0.244 e. The van der Waals surface area contributed by atoms with E-state index >= 15 is 0 Å². The fourth-order valence-electron chi connectivity index (χ4n) is 2.92. The predicted molar refractivity (Wildman–Crippen MR) is 84.1 cm³/mol. The van der Waals surface area contributed by atoms with E-state index in [0.717, 1.165) is 23.9 Å². The average molecular weight is 325 g/mol. The average Bonchev–Trinajstić information content (AvgIpc) is 2.97. The number of hydrogen-bond acceptors (Lipinski definition) is 3. The predicted octanol–water partition coefficient (Wildman–Crippen LogP) is 2.94. The van der Waals surface area contributed by atoms with Gasteiger partial charge in [0.1, 0.15) is 0 Å². The second kappa shape index (κ2) is 5.55. The Hall–Kier alpha value is -1.17. The van der Waals surface area contributed by atoms with Gasteiger partial charge < -0.3 is 0 Å². The molecule has 0 bridgehead atoms. The highest BCUT2D eigenvalue weighted by Crippen LogP contribution is 2.31. The van der Waals surface area contributed by atoms with Crippen LogP contribution in [0.25, 0.3) is 10.9 Å². The van der Waals surface area contributed by atoms with Gasteiger partial charge >= 0.3 is 0 Å². The fourth-order valence-corrected chi connectivity index (χ4v) is 5.20.